The van der Waals surface area contributed by atoms with Crippen LogP contribution in [0.4, 0.5) is 4.39 Å². The van der Waals surface area contributed by atoms with Crippen molar-refractivity contribution in [2.24, 2.45) is 5.84 Å². The first kappa shape index (κ1) is 13.7. The minimum atomic E-state index is -0.224. The number of nitrogens with one attached hydrogen (secondary N) is 1. The van der Waals surface area contributed by atoms with Gasteiger partial charge in [-0.1, -0.05) is 29.8 Å². The van der Waals surface area contributed by atoms with Crippen LogP contribution in [-0.2, 0) is 0 Å². The normalized spacial score (nSPS) is 12.5. The maximum Gasteiger partial charge on any atom is 0.123 e. The highest BCUT2D eigenvalue weighted by molar-refractivity contribution is 5.41. The van der Waals surface area contributed by atoms with Crippen LogP contribution < -0.4 is 11.3 Å². The first-order valence-electron chi connectivity index (χ1n) is 6.32. The van der Waals surface area contributed by atoms with Gasteiger partial charge in [-0.15, -0.1) is 0 Å². The molecule has 0 radical (unpaired) electrons. The maximum absolute atomic E-state index is 13.2. The zero-order valence-corrected chi connectivity index (χ0v) is 11.5. The molecule has 0 bridgehead atoms. The van der Waals surface area contributed by atoms with Crippen LogP contribution in [0.3, 0.4) is 0 Å². The summed E-state index contributed by atoms with van der Waals surface area (Å²) < 4.78 is 13.2. The van der Waals surface area contributed by atoms with E-state index in [1.165, 1.54) is 17.7 Å². The van der Waals surface area contributed by atoms with Gasteiger partial charge in [0.2, 0.25) is 0 Å². The lowest BCUT2D eigenvalue weighted by molar-refractivity contribution is 0.610. The second-order valence-corrected chi connectivity index (χ2v) is 4.96. The van der Waals surface area contributed by atoms with Crippen LogP contribution in [0.1, 0.15) is 33.9 Å². The monoisotopic (exact) mass is 258 g/mol. The quantitative estimate of drug-likeness (QED) is 0.655. The summed E-state index contributed by atoms with van der Waals surface area (Å²) in [5, 5.41) is 0. The zero-order valence-electron chi connectivity index (χ0n) is 11.5. The number of hydrazine groups is 1. The third-order valence-electron chi connectivity index (χ3n) is 3.46. The standard InChI is InChI=1S/C16H19FN2/c1-10-4-5-11(2)15(8-10)16(19-18)14-7-6-13(17)9-12(14)3/h4-9,16,19H,18H2,1-3H3. The Morgan fingerprint density at radius 1 is 0.947 bits per heavy atom. The number of nitrogens with two attached hydrogens (primary N) is 1. The fraction of sp³-hybridized carbons (Fsp3) is 0.250. The molecule has 1 unspecified atom stereocenters. The van der Waals surface area contributed by atoms with E-state index < -0.39 is 0 Å². The molecule has 0 saturated heterocycles. The number of rotatable bonds is 3. The van der Waals surface area contributed by atoms with Gasteiger partial charge >= 0.3 is 0 Å². The van der Waals surface area contributed by atoms with Gasteiger partial charge in [-0.25, -0.2) is 9.82 Å². The molecule has 0 saturated carbocycles. The lowest BCUT2D eigenvalue weighted by atomic mass is 9.91. The molecule has 1 atom stereocenters. The molecule has 2 nitrogen and oxygen atoms in total. The van der Waals surface area contributed by atoms with Gasteiger partial charge in [0.15, 0.2) is 0 Å². The summed E-state index contributed by atoms with van der Waals surface area (Å²) in [5.74, 6) is 5.49. The number of hydrogen-bond acceptors (Lipinski definition) is 2. The molecule has 0 spiro atoms. The highest BCUT2D eigenvalue weighted by atomic mass is 19.1. The minimum absolute atomic E-state index is 0.125. The molecule has 2 rings (SSSR count). The largest absolute Gasteiger partial charge is 0.271 e. The highest BCUT2D eigenvalue weighted by Crippen LogP contribution is 2.27. The molecule has 0 heterocycles. The third kappa shape index (κ3) is 2.83. The van der Waals surface area contributed by atoms with Gasteiger partial charge in [-0.2, -0.15) is 0 Å². The van der Waals surface area contributed by atoms with Gasteiger partial charge in [0.1, 0.15) is 5.82 Å². The van der Waals surface area contributed by atoms with Crippen molar-refractivity contribution in [3.05, 3.63) is 70.0 Å². The summed E-state index contributed by atoms with van der Waals surface area (Å²) in [4.78, 5) is 0. The zero-order chi connectivity index (χ0) is 14.0. The molecule has 0 aliphatic carbocycles. The van der Waals surface area contributed by atoms with Gasteiger partial charge in [-0.05, 0) is 55.2 Å². The molecule has 0 aromatic heterocycles. The Balaban J connectivity index is 2.52. The molecule has 0 aliphatic heterocycles. The molecule has 0 amide bonds. The van der Waals surface area contributed by atoms with Crippen LogP contribution in [-0.4, -0.2) is 0 Å². The van der Waals surface area contributed by atoms with E-state index in [4.69, 9.17) is 5.84 Å². The fourth-order valence-corrected chi connectivity index (χ4v) is 2.38. The molecule has 19 heavy (non-hydrogen) atoms. The van der Waals surface area contributed by atoms with Gasteiger partial charge in [0.05, 0.1) is 6.04 Å². The van der Waals surface area contributed by atoms with Crippen molar-refractivity contribution < 1.29 is 4.39 Å². The van der Waals surface area contributed by atoms with Gasteiger partial charge < -0.3 is 0 Å². The van der Waals surface area contributed by atoms with E-state index in [0.717, 1.165) is 22.3 Å². The van der Waals surface area contributed by atoms with Crippen molar-refractivity contribution >= 4 is 0 Å². The van der Waals surface area contributed by atoms with E-state index in [9.17, 15) is 4.39 Å². The molecule has 0 fully saturated rings. The second kappa shape index (κ2) is 5.51. The molecular formula is C16H19FN2. The van der Waals surface area contributed by atoms with Gasteiger partial charge in [-0.3, -0.25) is 5.84 Å². The van der Waals surface area contributed by atoms with E-state index in [1.54, 1.807) is 6.07 Å². The smallest absolute Gasteiger partial charge is 0.123 e. The molecule has 100 valence electrons. The molecule has 3 heteroatoms. The van der Waals surface area contributed by atoms with Crippen LogP contribution in [0.15, 0.2) is 36.4 Å². The minimum Gasteiger partial charge on any atom is -0.271 e. The predicted molar refractivity (Wildman–Crippen MR) is 76.2 cm³/mol. The number of hydrogen-bond donors (Lipinski definition) is 2. The Morgan fingerprint density at radius 2 is 1.68 bits per heavy atom. The predicted octanol–water partition coefficient (Wildman–Crippen LogP) is 3.30. The van der Waals surface area contributed by atoms with E-state index in [-0.39, 0.29) is 11.9 Å². The van der Waals surface area contributed by atoms with Crippen molar-refractivity contribution in [1.29, 1.82) is 0 Å². The Hall–Kier alpha value is -1.71. The van der Waals surface area contributed by atoms with Crippen molar-refractivity contribution in [3.63, 3.8) is 0 Å². The third-order valence-corrected chi connectivity index (χ3v) is 3.46. The Kier molecular flexibility index (Phi) is 3.98. The van der Waals surface area contributed by atoms with Crippen LogP contribution >= 0.6 is 0 Å². The van der Waals surface area contributed by atoms with Gasteiger partial charge in [0.25, 0.3) is 0 Å². The second-order valence-electron chi connectivity index (χ2n) is 4.96. The van der Waals surface area contributed by atoms with Crippen LogP contribution in [0.2, 0.25) is 0 Å². The average molecular weight is 258 g/mol. The summed E-state index contributed by atoms with van der Waals surface area (Å²) >= 11 is 0. The maximum atomic E-state index is 13.2. The Labute approximate surface area is 113 Å². The lowest BCUT2D eigenvalue weighted by Crippen LogP contribution is -2.30. The molecule has 2 aromatic rings. The molecule has 0 aliphatic rings. The number of benzene rings is 2. The fourth-order valence-electron chi connectivity index (χ4n) is 2.38. The number of halogens is 1. The van der Waals surface area contributed by atoms with Gasteiger partial charge in [0, 0.05) is 0 Å². The summed E-state index contributed by atoms with van der Waals surface area (Å²) in [6.07, 6.45) is 0. The van der Waals surface area contributed by atoms with E-state index in [0.29, 0.717) is 0 Å². The van der Waals surface area contributed by atoms with E-state index >= 15 is 0 Å². The number of aryl methyl sites for hydroxylation is 3. The molecule has 2 aromatic carbocycles. The first-order valence-corrected chi connectivity index (χ1v) is 6.32. The Morgan fingerprint density at radius 3 is 2.32 bits per heavy atom. The van der Waals surface area contributed by atoms with Crippen LogP contribution in [0.25, 0.3) is 0 Å². The summed E-state index contributed by atoms with van der Waals surface area (Å²) in [6.45, 7) is 6.00. The van der Waals surface area contributed by atoms with E-state index in [2.05, 4.69) is 30.5 Å². The summed E-state index contributed by atoms with van der Waals surface area (Å²) in [5.41, 5.74) is 8.20. The lowest BCUT2D eigenvalue weighted by Gasteiger charge is -2.21. The molecular weight excluding hydrogens is 239 g/mol. The summed E-state index contributed by atoms with van der Waals surface area (Å²) in [6, 6.07) is 10.9. The van der Waals surface area contributed by atoms with Crippen molar-refractivity contribution in [3.8, 4) is 0 Å². The van der Waals surface area contributed by atoms with Crippen molar-refractivity contribution in [1.82, 2.24) is 5.43 Å². The van der Waals surface area contributed by atoms with Crippen molar-refractivity contribution in [2.75, 3.05) is 0 Å². The Bertz CT molecular complexity index is 593. The van der Waals surface area contributed by atoms with Crippen molar-refractivity contribution in [2.45, 2.75) is 26.8 Å². The molecule has 3 N–H and O–H groups in total. The average Bonchev–Trinajstić information content (AvgIpc) is 2.36. The summed E-state index contributed by atoms with van der Waals surface area (Å²) in [7, 11) is 0. The van der Waals surface area contributed by atoms with Crippen LogP contribution in [0.5, 0.6) is 0 Å². The van der Waals surface area contributed by atoms with E-state index in [1.807, 2.05) is 13.8 Å². The SMILES string of the molecule is Cc1ccc(C)c(C(NN)c2ccc(F)cc2C)c1. The highest BCUT2D eigenvalue weighted by Gasteiger charge is 2.17. The van der Waals surface area contributed by atoms with Crippen LogP contribution in [0, 0.1) is 26.6 Å². The first-order chi connectivity index (χ1) is 9.02. The topological polar surface area (TPSA) is 38.0 Å².